The molecule has 3 fully saturated rings. The average molecular weight is 218 g/mol. The van der Waals surface area contributed by atoms with Gasteiger partial charge in [0.15, 0.2) is 0 Å². The van der Waals surface area contributed by atoms with Crippen molar-refractivity contribution in [2.45, 2.75) is 6.92 Å². The topological polar surface area (TPSA) is 58.4 Å². The van der Waals surface area contributed by atoms with Gasteiger partial charge in [0.2, 0.25) is 0 Å². The molecule has 2 bridgehead atoms. The minimum Gasteiger partial charge on any atom is -0.385 e. The van der Waals surface area contributed by atoms with Crippen molar-refractivity contribution in [3.8, 4) is 0 Å². The van der Waals surface area contributed by atoms with Crippen molar-refractivity contribution in [3.05, 3.63) is 12.4 Å². The zero-order valence-corrected chi connectivity index (χ0v) is 9.92. The maximum atomic E-state index is 5.14. The van der Waals surface area contributed by atoms with Crippen molar-refractivity contribution in [1.29, 1.82) is 0 Å². The molecule has 0 aromatic carbocycles. The molecule has 6 nitrogen and oxygen atoms in total. The van der Waals surface area contributed by atoms with Gasteiger partial charge in [0.25, 0.3) is 0 Å². The number of nitrogens with zero attached hydrogens (tertiary/aromatic N) is 3. The molecule has 8 heteroatoms. The Balaban J connectivity index is 0.000000162. The Bertz CT molecular complexity index is 290. The molecule has 4 heterocycles. The van der Waals surface area contributed by atoms with Gasteiger partial charge in [-0.3, -0.25) is 4.68 Å². The van der Waals surface area contributed by atoms with E-state index in [2.05, 4.69) is 17.2 Å². The molecule has 0 radical (unpaired) electrons. The summed E-state index contributed by atoms with van der Waals surface area (Å²) in [6, 6.07) is 0. The fraction of sp³-hybridized carbons (Fsp3) is 0.750. The Kier molecular flexibility index (Phi) is 5.02. The number of fused-ring (bicyclic) bond motifs is 3. The second-order valence-electron chi connectivity index (χ2n) is 4.11. The van der Waals surface area contributed by atoms with E-state index in [1.165, 1.54) is 0 Å². The number of hydrogen-bond acceptors (Lipinski definition) is 5. The van der Waals surface area contributed by atoms with Gasteiger partial charge in [-0.05, 0) is 0 Å². The van der Waals surface area contributed by atoms with Crippen LogP contribution >= 0.6 is 0 Å². The molecule has 0 spiro atoms. The van der Waals surface area contributed by atoms with E-state index in [0.717, 1.165) is 19.8 Å². The van der Waals surface area contributed by atoms with Crippen LogP contribution in [0.25, 0.3) is 0 Å². The largest absolute Gasteiger partial charge is 1.00 e. The van der Waals surface area contributed by atoms with Gasteiger partial charge >= 0.3 is 26.2 Å². The Hall–Kier alpha value is -0.318. The summed E-state index contributed by atoms with van der Waals surface area (Å²) in [5.74, 6) is 0. The summed E-state index contributed by atoms with van der Waals surface area (Å²) >= 11 is 0. The monoisotopic (exact) mass is 218 g/mol. The van der Waals surface area contributed by atoms with Crippen LogP contribution in [0.3, 0.4) is 0 Å². The van der Waals surface area contributed by atoms with Gasteiger partial charge in [-0.1, -0.05) is 12.1 Å². The third-order valence-electron chi connectivity index (χ3n) is 2.25. The second kappa shape index (κ2) is 5.85. The minimum atomic E-state index is -0.369. The normalized spacial score (nSPS) is 20.8. The third-order valence-corrected chi connectivity index (χ3v) is 2.25. The van der Waals surface area contributed by atoms with Crippen LogP contribution in [0.4, 0.5) is 0 Å². The molecule has 1 aromatic rings. The van der Waals surface area contributed by atoms with Crippen LogP contribution in [0.5, 0.6) is 0 Å². The van der Waals surface area contributed by atoms with Gasteiger partial charge in [0.05, 0.1) is 6.20 Å². The Morgan fingerprint density at radius 1 is 1.25 bits per heavy atom. The van der Waals surface area contributed by atoms with Gasteiger partial charge in [-0.15, -0.1) is 5.10 Å². The van der Waals surface area contributed by atoms with E-state index in [-0.39, 0.29) is 31.6 Å². The number of aromatic nitrogens is 3. The van der Waals surface area contributed by atoms with Crippen molar-refractivity contribution in [2.75, 3.05) is 19.8 Å². The van der Waals surface area contributed by atoms with E-state index in [1.54, 1.807) is 17.1 Å². The average Bonchev–Trinajstić information content (AvgIpc) is 2.71. The fourth-order valence-corrected chi connectivity index (χ4v) is 1.34. The molecule has 0 amide bonds. The van der Waals surface area contributed by atoms with E-state index in [0.29, 0.717) is 0 Å². The van der Waals surface area contributed by atoms with Gasteiger partial charge in [-0.25, -0.2) is 0 Å². The van der Waals surface area contributed by atoms with Crippen LogP contribution in [0.2, 0.25) is 0 Å². The molecule has 4 rings (SSSR count). The first-order chi connectivity index (χ1) is 7.18. The molecule has 1 aromatic heterocycles. The van der Waals surface area contributed by atoms with Crippen molar-refractivity contribution in [1.82, 2.24) is 15.0 Å². The zero-order chi connectivity index (χ0) is 10.7. The molecule has 0 saturated carbocycles. The fourth-order valence-electron chi connectivity index (χ4n) is 1.34. The van der Waals surface area contributed by atoms with Crippen LogP contribution in [-0.2, 0) is 21.0 Å². The van der Waals surface area contributed by atoms with Gasteiger partial charge < -0.3 is 14.0 Å². The van der Waals surface area contributed by atoms with E-state index < -0.39 is 0 Å². The molecule has 3 aliphatic rings. The van der Waals surface area contributed by atoms with Crippen molar-refractivity contribution < 1.29 is 32.8 Å². The van der Waals surface area contributed by atoms with Crippen LogP contribution < -0.4 is 18.9 Å². The maximum Gasteiger partial charge on any atom is 1.00 e. The minimum absolute atomic E-state index is 0. The van der Waals surface area contributed by atoms with Crippen LogP contribution in [0, 0.1) is 5.41 Å². The number of hydrogen-bond donors (Lipinski definition) is 0. The smallest absolute Gasteiger partial charge is 0.385 e. The molecular formula is C8H14BLiN3O3+. The molecule has 3 aliphatic heterocycles. The first-order valence-corrected chi connectivity index (χ1v) is 4.83. The summed E-state index contributed by atoms with van der Waals surface area (Å²) < 4.78 is 17.0. The van der Waals surface area contributed by atoms with E-state index >= 15 is 0 Å². The van der Waals surface area contributed by atoms with Crippen molar-refractivity contribution in [3.63, 3.8) is 0 Å². The first-order valence-electron chi connectivity index (χ1n) is 4.83. The molecule has 0 atom stereocenters. The predicted octanol–water partition coefficient (Wildman–Crippen LogP) is -3.13. The predicted molar refractivity (Wildman–Crippen MR) is 52.7 cm³/mol. The van der Waals surface area contributed by atoms with E-state index in [1.807, 2.05) is 7.05 Å². The van der Waals surface area contributed by atoms with Crippen molar-refractivity contribution >= 4 is 7.32 Å². The molecule has 0 N–H and O–H groups in total. The van der Waals surface area contributed by atoms with E-state index in [9.17, 15) is 0 Å². The van der Waals surface area contributed by atoms with Gasteiger partial charge in [0.1, 0.15) is 0 Å². The standard InChI is InChI=1S/C5H9BO3.C3H5N3.Li/c1-5-2-7-6(8-3-5)9-4-5;1-6-3-2-4-5-6;/h2-4H2,1H3;2-3H,1H3;/q;;+1. The molecule has 0 aliphatic carbocycles. The molecule has 16 heavy (non-hydrogen) atoms. The summed E-state index contributed by atoms with van der Waals surface area (Å²) in [5.41, 5.74) is 0.120. The Morgan fingerprint density at radius 3 is 2.00 bits per heavy atom. The van der Waals surface area contributed by atoms with Crippen LogP contribution in [0.15, 0.2) is 12.4 Å². The summed E-state index contributed by atoms with van der Waals surface area (Å²) in [6.45, 7) is 4.43. The van der Waals surface area contributed by atoms with E-state index in [4.69, 9.17) is 14.0 Å². The third kappa shape index (κ3) is 3.61. The molecular weight excluding hydrogens is 204 g/mol. The zero-order valence-electron chi connectivity index (χ0n) is 9.92. The van der Waals surface area contributed by atoms with Gasteiger partial charge in [-0.2, -0.15) is 0 Å². The summed E-state index contributed by atoms with van der Waals surface area (Å²) in [7, 11) is 1.46. The molecule has 3 saturated heterocycles. The Morgan fingerprint density at radius 2 is 1.81 bits per heavy atom. The van der Waals surface area contributed by atoms with Crippen LogP contribution in [0.1, 0.15) is 6.92 Å². The number of aryl methyl sites for hydroxylation is 1. The molecule has 82 valence electrons. The van der Waals surface area contributed by atoms with Gasteiger partial charge in [0, 0.05) is 38.5 Å². The summed E-state index contributed by atoms with van der Waals surface area (Å²) in [4.78, 5) is 0. The quantitative estimate of drug-likeness (QED) is 0.431. The maximum absolute atomic E-state index is 5.14. The second-order valence-corrected chi connectivity index (χ2v) is 4.11. The number of rotatable bonds is 0. The summed E-state index contributed by atoms with van der Waals surface area (Å²) in [6.07, 6.45) is 3.42. The van der Waals surface area contributed by atoms with Crippen molar-refractivity contribution in [2.24, 2.45) is 12.5 Å². The summed E-state index contributed by atoms with van der Waals surface area (Å²) in [5, 5.41) is 7.12. The van der Waals surface area contributed by atoms with Crippen LogP contribution in [-0.4, -0.2) is 42.1 Å². The Labute approximate surface area is 107 Å². The molecule has 0 unspecified atom stereocenters. The first kappa shape index (κ1) is 13.7. The SMILES string of the molecule is CC12COB(OC1)OC2.Cn1ccnn1.[Li+].